The van der Waals surface area contributed by atoms with Gasteiger partial charge >= 0.3 is 0 Å². The summed E-state index contributed by atoms with van der Waals surface area (Å²) in [5.74, 6) is 1.40. The van der Waals surface area contributed by atoms with Crippen molar-refractivity contribution in [1.29, 1.82) is 0 Å². The molecular weight excluding hydrogens is 264 g/mol. The molecule has 2 aliphatic rings. The molecule has 108 valence electrons. The molecule has 1 atom stereocenters. The molecule has 1 saturated carbocycles. The maximum absolute atomic E-state index is 12.9. The Morgan fingerprint density at radius 1 is 1.29 bits per heavy atom. The van der Waals surface area contributed by atoms with Crippen LogP contribution < -0.4 is 5.32 Å². The van der Waals surface area contributed by atoms with E-state index in [9.17, 15) is 4.79 Å². The highest BCUT2D eigenvalue weighted by Crippen LogP contribution is 2.47. The molecule has 4 nitrogen and oxygen atoms in total. The van der Waals surface area contributed by atoms with Gasteiger partial charge in [0, 0.05) is 11.6 Å². The van der Waals surface area contributed by atoms with Crippen LogP contribution in [0.15, 0.2) is 47.1 Å². The standard InChI is InChI=1S/C17H18N2O2/c1-17(12-8-9-12)18-15-7-3-2-6-14(15)16(20)19(17)11-13-5-4-10-21-13/h2-7,10,12,18H,8-9,11H2,1H3. The number of nitrogens with zero attached hydrogens (tertiary/aromatic N) is 1. The van der Waals surface area contributed by atoms with Crippen molar-refractivity contribution in [3.8, 4) is 0 Å². The molecule has 0 saturated heterocycles. The topological polar surface area (TPSA) is 45.5 Å². The predicted molar refractivity (Wildman–Crippen MR) is 79.8 cm³/mol. The molecule has 1 fully saturated rings. The summed E-state index contributed by atoms with van der Waals surface area (Å²) in [5.41, 5.74) is 1.34. The van der Waals surface area contributed by atoms with E-state index < -0.39 is 0 Å². The maximum atomic E-state index is 12.9. The van der Waals surface area contributed by atoms with Crippen molar-refractivity contribution in [2.45, 2.75) is 32.0 Å². The van der Waals surface area contributed by atoms with E-state index in [1.165, 1.54) is 0 Å². The Morgan fingerprint density at radius 2 is 2.10 bits per heavy atom. The first kappa shape index (κ1) is 12.5. The van der Waals surface area contributed by atoms with Crippen molar-refractivity contribution in [3.63, 3.8) is 0 Å². The molecule has 1 aromatic heterocycles. The number of carbonyl (C=O) groups is 1. The smallest absolute Gasteiger partial charge is 0.258 e. The van der Waals surface area contributed by atoms with Crippen LogP contribution in [0.25, 0.3) is 0 Å². The monoisotopic (exact) mass is 282 g/mol. The lowest BCUT2D eigenvalue weighted by atomic mass is 9.96. The minimum absolute atomic E-state index is 0.0788. The molecule has 4 rings (SSSR count). The van der Waals surface area contributed by atoms with Gasteiger partial charge in [0.25, 0.3) is 5.91 Å². The molecule has 1 N–H and O–H groups in total. The Bertz CT molecular complexity index is 676. The van der Waals surface area contributed by atoms with E-state index in [2.05, 4.69) is 12.2 Å². The van der Waals surface area contributed by atoms with Crippen LogP contribution in [0.2, 0.25) is 0 Å². The molecule has 2 heterocycles. The highest BCUT2D eigenvalue weighted by atomic mass is 16.3. The van der Waals surface area contributed by atoms with E-state index in [1.54, 1.807) is 6.26 Å². The third kappa shape index (κ3) is 1.94. The minimum Gasteiger partial charge on any atom is -0.467 e. The zero-order valence-electron chi connectivity index (χ0n) is 12.0. The molecule has 2 aromatic rings. The summed E-state index contributed by atoms with van der Waals surface area (Å²) < 4.78 is 5.44. The Balaban J connectivity index is 1.76. The number of anilines is 1. The van der Waals surface area contributed by atoms with Gasteiger partial charge in [0.2, 0.25) is 0 Å². The first-order valence-corrected chi connectivity index (χ1v) is 7.40. The molecule has 4 heteroatoms. The minimum atomic E-state index is -0.335. The number of furan rings is 1. The van der Waals surface area contributed by atoms with E-state index in [-0.39, 0.29) is 11.6 Å². The summed E-state index contributed by atoms with van der Waals surface area (Å²) in [5, 5.41) is 3.59. The van der Waals surface area contributed by atoms with Gasteiger partial charge in [0.05, 0.1) is 18.4 Å². The van der Waals surface area contributed by atoms with Crippen molar-refractivity contribution >= 4 is 11.6 Å². The fraction of sp³-hybridized carbons (Fsp3) is 0.353. The Morgan fingerprint density at radius 3 is 2.81 bits per heavy atom. The van der Waals surface area contributed by atoms with E-state index in [0.717, 1.165) is 29.9 Å². The van der Waals surface area contributed by atoms with Crippen LogP contribution >= 0.6 is 0 Å². The number of rotatable bonds is 3. The quantitative estimate of drug-likeness (QED) is 0.937. The summed E-state index contributed by atoms with van der Waals surface area (Å²) in [7, 11) is 0. The molecular formula is C17H18N2O2. The summed E-state index contributed by atoms with van der Waals surface area (Å²) in [6, 6.07) is 11.5. The van der Waals surface area contributed by atoms with Crippen LogP contribution in [-0.4, -0.2) is 16.5 Å². The van der Waals surface area contributed by atoms with Gasteiger partial charge in [-0.15, -0.1) is 0 Å². The molecule has 21 heavy (non-hydrogen) atoms. The summed E-state index contributed by atoms with van der Waals surface area (Å²) in [6.45, 7) is 2.63. The zero-order chi connectivity index (χ0) is 14.4. The first-order chi connectivity index (χ1) is 10.2. The predicted octanol–water partition coefficient (Wildman–Crippen LogP) is 3.47. The van der Waals surface area contributed by atoms with Crippen LogP contribution in [0.3, 0.4) is 0 Å². The van der Waals surface area contributed by atoms with Gasteiger partial charge in [-0.3, -0.25) is 4.79 Å². The fourth-order valence-corrected chi connectivity index (χ4v) is 3.24. The van der Waals surface area contributed by atoms with Gasteiger partial charge in [-0.25, -0.2) is 0 Å². The van der Waals surface area contributed by atoms with Crippen LogP contribution in [-0.2, 0) is 6.54 Å². The first-order valence-electron chi connectivity index (χ1n) is 7.40. The third-order valence-electron chi connectivity index (χ3n) is 4.62. The van der Waals surface area contributed by atoms with E-state index in [1.807, 2.05) is 41.3 Å². The second-order valence-electron chi connectivity index (χ2n) is 6.06. The number of nitrogens with one attached hydrogen (secondary N) is 1. The molecule has 1 unspecified atom stereocenters. The Kier molecular flexibility index (Phi) is 2.61. The van der Waals surface area contributed by atoms with E-state index >= 15 is 0 Å². The van der Waals surface area contributed by atoms with E-state index in [4.69, 9.17) is 4.42 Å². The number of para-hydroxylation sites is 1. The van der Waals surface area contributed by atoms with Crippen LogP contribution in [0.1, 0.15) is 35.9 Å². The van der Waals surface area contributed by atoms with E-state index in [0.29, 0.717) is 12.5 Å². The summed E-state index contributed by atoms with van der Waals surface area (Å²) in [6.07, 6.45) is 3.97. The Hall–Kier alpha value is -2.23. The van der Waals surface area contributed by atoms with Gasteiger partial charge in [-0.1, -0.05) is 12.1 Å². The molecule has 0 bridgehead atoms. The highest BCUT2D eigenvalue weighted by molar-refractivity contribution is 6.02. The van der Waals surface area contributed by atoms with Gasteiger partial charge < -0.3 is 14.6 Å². The van der Waals surface area contributed by atoms with Crippen molar-refractivity contribution in [3.05, 3.63) is 54.0 Å². The van der Waals surface area contributed by atoms with Gasteiger partial charge in [0.1, 0.15) is 11.4 Å². The molecule has 0 spiro atoms. The summed E-state index contributed by atoms with van der Waals surface area (Å²) >= 11 is 0. The van der Waals surface area contributed by atoms with Gasteiger partial charge in [-0.2, -0.15) is 0 Å². The van der Waals surface area contributed by atoms with Crippen molar-refractivity contribution in [1.82, 2.24) is 4.90 Å². The fourth-order valence-electron chi connectivity index (χ4n) is 3.24. The van der Waals surface area contributed by atoms with Gasteiger partial charge in [-0.05, 0) is 44.0 Å². The highest BCUT2D eigenvalue weighted by Gasteiger charge is 2.50. The second-order valence-corrected chi connectivity index (χ2v) is 6.06. The van der Waals surface area contributed by atoms with Crippen LogP contribution in [0.4, 0.5) is 5.69 Å². The van der Waals surface area contributed by atoms with Crippen LogP contribution in [0, 0.1) is 5.92 Å². The lowest BCUT2D eigenvalue weighted by Gasteiger charge is -2.46. The number of hydrogen-bond donors (Lipinski definition) is 1. The number of fused-ring (bicyclic) bond motifs is 1. The third-order valence-corrected chi connectivity index (χ3v) is 4.62. The molecule has 1 amide bonds. The number of benzene rings is 1. The number of amides is 1. The summed E-state index contributed by atoms with van der Waals surface area (Å²) in [4.78, 5) is 14.9. The zero-order valence-corrected chi connectivity index (χ0v) is 12.0. The van der Waals surface area contributed by atoms with Crippen molar-refractivity contribution in [2.24, 2.45) is 5.92 Å². The second kappa shape index (κ2) is 4.38. The lowest BCUT2D eigenvalue weighted by molar-refractivity contribution is 0.0441. The largest absolute Gasteiger partial charge is 0.467 e. The lowest BCUT2D eigenvalue weighted by Crippen LogP contribution is -2.59. The maximum Gasteiger partial charge on any atom is 0.258 e. The van der Waals surface area contributed by atoms with Gasteiger partial charge in [0.15, 0.2) is 0 Å². The number of hydrogen-bond acceptors (Lipinski definition) is 3. The normalized spacial score (nSPS) is 24.6. The van der Waals surface area contributed by atoms with Crippen molar-refractivity contribution < 1.29 is 9.21 Å². The molecule has 0 radical (unpaired) electrons. The molecule has 1 aliphatic carbocycles. The van der Waals surface area contributed by atoms with Crippen molar-refractivity contribution in [2.75, 3.05) is 5.32 Å². The molecule has 1 aliphatic heterocycles. The average Bonchev–Trinajstić information content (AvgIpc) is 3.22. The SMILES string of the molecule is CC1(C2CC2)Nc2ccccc2C(=O)N1Cc1ccco1. The number of carbonyl (C=O) groups excluding carboxylic acids is 1. The Labute approximate surface area is 123 Å². The van der Waals surface area contributed by atoms with Crippen LogP contribution in [0.5, 0.6) is 0 Å². The average molecular weight is 282 g/mol. The molecule has 1 aromatic carbocycles.